The molecule has 0 fully saturated rings. The summed E-state index contributed by atoms with van der Waals surface area (Å²) in [5.41, 5.74) is 14.2. The van der Waals surface area contributed by atoms with E-state index in [-0.39, 0.29) is 0 Å². The second-order valence-corrected chi connectivity index (χ2v) is 13.8. The van der Waals surface area contributed by atoms with Gasteiger partial charge in [0.15, 0.2) is 0 Å². The minimum absolute atomic E-state index is 1.11. The van der Waals surface area contributed by atoms with E-state index in [0.29, 0.717) is 0 Å². The van der Waals surface area contributed by atoms with Gasteiger partial charge in [-0.2, -0.15) is 0 Å². The third-order valence-corrected chi connectivity index (χ3v) is 10.6. The summed E-state index contributed by atoms with van der Waals surface area (Å²) >= 11 is 0. The zero-order valence-electron chi connectivity index (χ0n) is 29.7. The number of hydrogen-bond acceptors (Lipinski definition) is 1. The number of aromatic nitrogens is 1. The summed E-state index contributed by atoms with van der Waals surface area (Å²) in [6, 6.07) is 78.8. The molecule has 0 saturated heterocycles. The van der Waals surface area contributed by atoms with Gasteiger partial charge in [-0.1, -0.05) is 152 Å². The third kappa shape index (κ3) is 5.62. The molecule has 0 unspecified atom stereocenters. The van der Waals surface area contributed by atoms with Crippen LogP contribution >= 0.6 is 0 Å². The fourth-order valence-electron chi connectivity index (χ4n) is 7.97. The van der Waals surface area contributed by atoms with E-state index in [1.807, 2.05) is 0 Å². The molecule has 0 spiro atoms. The fourth-order valence-corrected chi connectivity index (χ4v) is 7.97. The molecule has 0 saturated carbocycles. The number of benzene rings is 9. The topological polar surface area (TPSA) is 8.17 Å². The van der Waals surface area contributed by atoms with Crippen molar-refractivity contribution in [2.24, 2.45) is 0 Å². The molecule has 9 aromatic carbocycles. The Hall–Kier alpha value is -7.16. The highest BCUT2D eigenvalue weighted by Crippen LogP contribution is 2.40. The van der Waals surface area contributed by atoms with Crippen LogP contribution < -0.4 is 4.90 Å². The van der Waals surface area contributed by atoms with Gasteiger partial charge in [0, 0.05) is 33.5 Å². The van der Waals surface area contributed by atoms with E-state index in [0.717, 1.165) is 17.1 Å². The molecule has 0 N–H and O–H groups in total. The lowest BCUT2D eigenvalue weighted by atomic mass is 9.93. The van der Waals surface area contributed by atoms with Crippen molar-refractivity contribution >= 4 is 49.6 Å². The zero-order valence-corrected chi connectivity index (χ0v) is 29.7. The number of nitrogens with zero attached hydrogens (tertiary/aromatic N) is 2. The van der Waals surface area contributed by atoms with Crippen LogP contribution in [-0.2, 0) is 0 Å². The lowest BCUT2D eigenvalue weighted by Gasteiger charge is -2.26. The lowest BCUT2D eigenvalue weighted by molar-refractivity contribution is 1.19. The minimum Gasteiger partial charge on any atom is -0.311 e. The normalized spacial score (nSPS) is 11.3. The fraction of sp³-hybridized carbons (Fsp3) is 0. The van der Waals surface area contributed by atoms with E-state index in [4.69, 9.17) is 0 Å². The Balaban J connectivity index is 1.03. The average molecular weight is 689 g/mol. The quantitative estimate of drug-likeness (QED) is 0.162. The first kappa shape index (κ1) is 31.6. The standard InChI is InChI=1S/C52H36N2/c1-3-13-37(14-4-1)39-23-29-44(30-24-39)53(43-17-5-2-6-18-43)45-31-26-40(27-32-45)47-19-9-10-20-48(47)42-28-34-52-50(36-42)49-21-11-12-22-51(49)54(52)46-33-25-38-15-7-8-16-41(38)35-46/h1-36H. The van der Waals surface area contributed by atoms with E-state index >= 15 is 0 Å². The molecule has 2 nitrogen and oxygen atoms in total. The number of fused-ring (bicyclic) bond motifs is 4. The zero-order chi connectivity index (χ0) is 35.8. The highest BCUT2D eigenvalue weighted by molar-refractivity contribution is 6.11. The summed E-state index contributed by atoms with van der Waals surface area (Å²) in [6.07, 6.45) is 0. The van der Waals surface area contributed by atoms with Crippen LogP contribution in [0.4, 0.5) is 17.1 Å². The van der Waals surface area contributed by atoms with Crippen LogP contribution in [0.3, 0.4) is 0 Å². The maximum absolute atomic E-state index is 2.40. The largest absolute Gasteiger partial charge is 0.311 e. The Bertz CT molecular complexity index is 2910. The molecule has 0 aliphatic carbocycles. The van der Waals surface area contributed by atoms with Crippen molar-refractivity contribution in [3.8, 4) is 39.1 Å². The lowest BCUT2D eigenvalue weighted by Crippen LogP contribution is -2.09. The van der Waals surface area contributed by atoms with Crippen molar-refractivity contribution < 1.29 is 0 Å². The summed E-state index contributed by atoms with van der Waals surface area (Å²) in [4.78, 5) is 2.32. The van der Waals surface area contributed by atoms with Crippen LogP contribution in [0.5, 0.6) is 0 Å². The molecule has 0 amide bonds. The van der Waals surface area contributed by atoms with E-state index < -0.39 is 0 Å². The number of hydrogen-bond donors (Lipinski definition) is 0. The summed E-state index contributed by atoms with van der Waals surface area (Å²) in [7, 11) is 0. The van der Waals surface area contributed by atoms with E-state index in [9.17, 15) is 0 Å². The van der Waals surface area contributed by atoms with E-state index in [2.05, 4.69) is 228 Å². The number of rotatable bonds is 7. The summed E-state index contributed by atoms with van der Waals surface area (Å²) in [6.45, 7) is 0. The molecule has 1 heterocycles. The van der Waals surface area contributed by atoms with Gasteiger partial charge in [0.1, 0.15) is 0 Å². The maximum Gasteiger partial charge on any atom is 0.0541 e. The van der Waals surface area contributed by atoms with Crippen LogP contribution in [0.1, 0.15) is 0 Å². The van der Waals surface area contributed by atoms with Gasteiger partial charge in [0.2, 0.25) is 0 Å². The minimum atomic E-state index is 1.11. The van der Waals surface area contributed by atoms with E-state index in [1.54, 1.807) is 0 Å². The van der Waals surface area contributed by atoms with Gasteiger partial charge in [0.25, 0.3) is 0 Å². The van der Waals surface area contributed by atoms with E-state index in [1.165, 1.54) is 71.6 Å². The Kier molecular flexibility index (Phi) is 7.85. The van der Waals surface area contributed by atoms with Crippen LogP contribution in [0.15, 0.2) is 218 Å². The Morgan fingerprint density at radius 2 is 0.815 bits per heavy atom. The van der Waals surface area contributed by atoms with Crippen molar-refractivity contribution in [1.29, 1.82) is 0 Å². The second-order valence-electron chi connectivity index (χ2n) is 13.8. The third-order valence-electron chi connectivity index (χ3n) is 10.6. The second kappa shape index (κ2) is 13.4. The SMILES string of the molecule is c1ccc(-c2ccc(N(c3ccccc3)c3ccc(-c4ccccc4-c4ccc5c(c4)c4ccccc4n5-c4ccc5ccccc5c4)cc3)cc2)cc1. The van der Waals surface area contributed by atoms with Crippen molar-refractivity contribution in [2.45, 2.75) is 0 Å². The molecular weight excluding hydrogens is 653 g/mol. The molecule has 0 atom stereocenters. The Morgan fingerprint density at radius 1 is 0.296 bits per heavy atom. The molecule has 10 aromatic rings. The smallest absolute Gasteiger partial charge is 0.0541 e. The molecule has 54 heavy (non-hydrogen) atoms. The molecule has 2 heteroatoms. The van der Waals surface area contributed by atoms with Crippen molar-refractivity contribution in [3.63, 3.8) is 0 Å². The monoisotopic (exact) mass is 688 g/mol. The maximum atomic E-state index is 2.40. The van der Waals surface area contributed by atoms with Gasteiger partial charge in [-0.05, 0) is 111 Å². The van der Waals surface area contributed by atoms with Crippen LogP contribution in [-0.4, -0.2) is 4.57 Å². The van der Waals surface area contributed by atoms with Gasteiger partial charge < -0.3 is 9.47 Å². The predicted octanol–water partition coefficient (Wildman–Crippen LogP) is 14.4. The first-order valence-corrected chi connectivity index (χ1v) is 18.5. The molecule has 0 aliphatic rings. The van der Waals surface area contributed by atoms with Crippen LogP contribution in [0.2, 0.25) is 0 Å². The summed E-state index contributed by atoms with van der Waals surface area (Å²) < 4.78 is 2.40. The molecule has 10 rings (SSSR count). The molecule has 254 valence electrons. The van der Waals surface area contributed by atoms with Gasteiger partial charge in [-0.3, -0.25) is 0 Å². The molecule has 0 aliphatic heterocycles. The summed E-state index contributed by atoms with van der Waals surface area (Å²) in [5.74, 6) is 0. The van der Waals surface area contributed by atoms with Gasteiger partial charge in [0.05, 0.1) is 11.0 Å². The highest BCUT2D eigenvalue weighted by Gasteiger charge is 2.17. The first-order valence-electron chi connectivity index (χ1n) is 18.5. The van der Waals surface area contributed by atoms with Crippen molar-refractivity contribution in [1.82, 2.24) is 4.57 Å². The molecule has 0 bridgehead atoms. The Labute approximate surface area is 315 Å². The van der Waals surface area contributed by atoms with Gasteiger partial charge >= 0.3 is 0 Å². The predicted molar refractivity (Wildman–Crippen MR) is 229 cm³/mol. The van der Waals surface area contributed by atoms with Crippen LogP contribution in [0.25, 0.3) is 71.6 Å². The average Bonchev–Trinajstić information content (AvgIpc) is 3.58. The van der Waals surface area contributed by atoms with Crippen LogP contribution in [0, 0.1) is 0 Å². The van der Waals surface area contributed by atoms with Crippen molar-refractivity contribution in [3.05, 3.63) is 218 Å². The molecule has 0 radical (unpaired) electrons. The first-order chi connectivity index (χ1) is 26.8. The summed E-state index contributed by atoms with van der Waals surface area (Å²) in [5, 5.41) is 4.99. The van der Waals surface area contributed by atoms with Gasteiger partial charge in [-0.15, -0.1) is 0 Å². The highest BCUT2D eigenvalue weighted by atomic mass is 15.1. The number of para-hydroxylation sites is 2. The van der Waals surface area contributed by atoms with Gasteiger partial charge in [-0.25, -0.2) is 0 Å². The van der Waals surface area contributed by atoms with Crippen molar-refractivity contribution in [2.75, 3.05) is 4.90 Å². The molecular formula is C52H36N2. The number of anilines is 3. The Morgan fingerprint density at radius 3 is 1.56 bits per heavy atom. The molecule has 1 aromatic heterocycles.